The van der Waals surface area contributed by atoms with E-state index in [1.54, 1.807) is 12.1 Å². The van der Waals surface area contributed by atoms with Crippen molar-refractivity contribution in [2.24, 2.45) is 0 Å². The number of benzene rings is 1. The molecule has 5 heteroatoms. The van der Waals surface area contributed by atoms with E-state index in [4.69, 9.17) is 15.0 Å². The fraction of sp³-hybridized carbons (Fsp3) is 0.182. The molecule has 0 fully saturated rings. The number of hydrogen-bond donors (Lipinski definition) is 1. The van der Waals surface area contributed by atoms with E-state index >= 15 is 0 Å². The van der Waals surface area contributed by atoms with Gasteiger partial charge in [0, 0.05) is 18.1 Å². The van der Waals surface area contributed by atoms with Gasteiger partial charge in [0.15, 0.2) is 0 Å². The number of methoxy groups -OCH3 is 1. The maximum atomic E-state index is 13.1. The molecule has 16 heavy (non-hydrogen) atoms. The van der Waals surface area contributed by atoms with Crippen LogP contribution in [0.1, 0.15) is 11.3 Å². The van der Waals surface area contributed by atoms with E-state index in [9.17, 15) is 4.39 Å². The summed E-state index contributed by atoms with van der Waals surface area (Å²) in [5.74, 6) is 0.542. The van der Waals surface area contributed by atoms with Crippen LogP contribution in [0.5, 0.6) is 5.75 Å². The van der Waals surface area contributed by atoms with E-state index in [2.05, 4.69) is 5.16 Å². The van der Waals surface area contributed by atoms with Gasteiger partial charge in [-0.15, -0.1) is 0 Å². The van der Waals surface area contributed by atoms with Crippen molar-refractivity contribution in [2.45, 2.75) is 6.42 Å². The molecule has 2 N–H and O–H groups in total. The van der Waals surface area contributed by atoms with Crippen LogP contribution in [0.3, 0.4) is 0 Å². The van der Waals surface area contributed by atoms with Gasteiger partial charge in [-0.2, -0.15) is 0 Å². The van der Waals surface area contributed by atoms with Gasteiger partial charge in [-0.3, -0.25) is 0 Å². The summed E-state index contributed by atoms with van der Waals surface area (Å²) in [7, 11) is 1.54. The quantitative estimate of drug-likeness (QED) is 0.862. The Labute approximate surface area is 91.8 Å². The van der Waals surface area contributed by atoms with Gasteiger partial charge in [-0.1, -0.05) is 5.16 Å². The van der Waals surface area contributed by atoms with Crippen LogP contribution < -0.4 is 10.5 Å². The molecule has 0 aliphatic carbocycles. The Morgan fingerprint density at radius 1 is 1.44 bits per heavy atom. The number of anilines is 1. The average Bonchev–Trinajstić information content (AvgIpc) is 2.64. The fourth-order valence-corrected chi connectivity index (χ4v) is 1.49. The van der Waals surface area contributed by atoms with E-state index in [1.165, 1.54) is 19.2 Å². The Bertz CT molecular complexity index is 496. The van der Waals surface area contributed by atoms with Crippen molar-refractivity contribution in [3.05, 3.63) is 41.3 Å². The van der Waals surface area contributed by atoms with E-state index in [-0.39, 0.29) is 11.7 Å². The van der Waals surface area contributed by atoms with Crippen molar-refractivity contribution in [3.8, 4) is 5.75 Å². The molecule has 0 atom stereocenters. The number of halogens is 1. The number of nitrogens with two attached hydrogens (primary N) is 1. The van der Waals surface area contributed by atoms with Crippen LogP contribution in [0.4, 0.5) is 10.3 Å². The number of nitrogen functional groups attached to an aromatic ring is 1. The van der Waals surface area contributed by atoms with Gasteiger partial charge in [0.25, 0.3) is 0 Å². The molecule has 1 aromatic heterocycles. The lowest BCUT2D eigenvalue weighted by Crippen LogP contribution is -1.95. The van der Waals surface area contributed by atoms with Crippen LogP contribution in [-0.2, 0) is 6.42 Å². The van der Waals surface area contributed by atoms with Gasteiger partial charge in [-0.05, 0) is 18.2 Å². The molecule has 0 unspecified atom stereocenters. The zero-order chi connectivity index (χ0) is 11.5. The number of aromatic nitrogens is 1. The highest BCUT2D eigenvalue weighted by Crippen LogP contribution is 2.22. The second-order valence-electron chi connectivity index (χ2n) is 3.35. The van der Waals surface area contributed by atoms with Gasteiger partial charge >= 0.3 is 0 Å². The highest BCUT2D eigenvalue weighted by atomic mass is 19.1. The van der Waals surface area contributed by atoms with E-state index in [1.807, 2.05) is 0 Å². The fourth-order valence-electron chi connectivity index (χ4n) is 1.49. The summed E-state index contributed by atoms with van der Waals surface area (Å²) in [4.78, 5) is 0. The molecule has 2 aromatic rings. The Morgan fingerprint density at radius 3 is 2.88 bits per heavy atom. The lowest BCUT2D eigenvalue weighted by Gasteiger charge is -2.06. The summed E-state index contributed by atoms with van der Waals surface area (Å²) in [5.41, 5.74) is 6.74. The van der Waals surface area contributed by atoms with Gasteiger partial charge in [0.05, 0.1) is 12.8 Å². The molecule has 0 aliphatic rings. The molecular formula is C11H11FN2O2. The molecule has 0 saturated heterocycles. The van der Waals surface area contributed by atoms with Crippen molar-refractivity contribution >= 4 is 5.88 Å². The largest absolute Gasteiger partial charge is 0.496 e. The second-order valence-corrected chi connectivity index (χ2v) is 3.35. The Kier molecular flexibility index (Phi) is 2.76. The van der Waals surface area contributed by atoms with Crippen molar-refractivity contribution in [1.29, 1.82) is 0 Å². The third kappa shape index (κ3) is 2.13. The minimum Gasteiger partial charge on any atom is -0.496 e. The first-order valence-corrected chi connectivity index (χ1v) is 4.72. The number of hydrogen-bond acceptors (Lipinski definition) is 4. The zero-order valence-electron chi connectivity index (χ0n) is 8.74. The van der Waals surface area contributed by atoms with Gasteiger partial charge in [0.1, 0.15) is 11.6 Å². The monoisotopic (exact) mass is 222 g/mol. The number of ether oxygens (including phenoxy) is 1. The maximum Gasteiger partial charge on any atom is 0.222 e. The molecule has 4 nitrogen and oxygen atoms in total. The van der Waals surface area contributed by atoms with Crippen LogP contribution >= 0.6 is 0 Å². The summed E-state index contributed by atoms with van der Waals surface area (Å²) >= 11 is 0. The smallest absolute Gasteiger partial charge is 0.222 e. The van der Waals surface area contributed by atoms with E-state index < -0.39 is 0 Å². The minimum absolute atomic E-state index is 0.241. The lowest BCUT2D eigenvalue weighted by atomic mass is 10.1. The van der Waals surface area contributed by atoms with Crippen LogP contribution in [0.2, 0.25) is 0 Å². The van der Waals surface area contributed by atoms with Gasteiger partial charge in [-0.25, -0.2) is 4.39 Å². The summed E-state index contributed by atoms with van der Waals surface area (Å²) in [5, 5.41) is 3.74. The predicted molar refractivity (Wildman–Crippen MR) is 56.7 cm³/mol. The Hall–Kier alpha value is -2.04. The summed E-state index contributed by atoms with van der Waals surface area (Å²) in [6.07, 6.45) is 0.418. The van der Waals surface area contributed by atoms with Crippen LogP contribution in [0, 0.1) is 5.82 Å². The highest BCUT2D eigenvalue weighted by Gasteiger charge is 2.08. The molecule has 0 bridgehead atoms. The molecule has 0 aliphatic heterocycles. The first-order valence-electron chi connectivity index (χ1n) is 4.72. The first kappa shape index (κ1) is 10.5. The zero-order valence-corrected chi connectivity index (χ0v) is 8.74. The van der Waals surface area contributed by atoms with Crippen LogP contribution in [0.15, 0.2) is 28.8 Å². The third-order valence-electron chi connectivity index (χ3n) is 2.19. The SMILES string of the molecule is COc1ccc(F)cc1Cc1cc(N)on1. The van der Waals surface area contributed by atoms with Crippen LogP contribution in [0.25, 0.3) is 0 Å². The van der Waals surface area contributed by atoms with Crippen molar-refractivity contribution in [1.82, 2.24) is 5.16 Å². The molecular weight excluding hydrogens is 211 g/mol. The normalized spacial score (nSPS) is 10.4. The standard InChI is InChI=1S/C11H11FN2O2/c1-15-10-3-2-8(12)4-7(10)5-9-6-11(13)16-14-9/h2-4,6H,5,13H2,1H3. The molecule has 84 valence electrons. The Morgan fingerprint density at radius 2 is 2.25 bits per heavy atom. The molecule has 0 amide bonds. The molecule has 2 rings (SSSR count). The van der Waals surface area contributed by atoms with Gasteiger partial charge in [0.2, 0.25) is 5.88 Å². The van der Waals surface area contributed by atoms with Crippen molar-refractivity contribution < 1.29 is 13.7 Å². The predicted octanol–water partition coefficient (Wildman–Crippen LogP) is 2.00. The Balaban J connectivity index is 2.29. The van der Waals surface area contributed by atoms with Crippen molar-refractivity contribution in [2.75, 3.05) is 12.8 Å². The molecule has 1 aromatic carbocycles. The van der Waals surface area contributed by atoms with Crippen molar-refractivity contribution in [3.63, 3.8) is 0 Å². The van der Waals surface area contributed by atoms with E-state index in [0.717, 1.165) is 0 Å². The van der Waals surface area contributed by atoms with Gasteiger partial charge < -0.3 is 15.0 Å². The minimum atomic E-state index is -0.313. The lowest BCUT2D eigenvalue weighted by molar-refractivity contribution is 0.407. The molecule has 0 radical (unpaired) electrons. The summed E-state index contributed by atoms with van der Waals surface area (Å²) < 4.78 is 22.9. The molecule has 0 spiro atoms. The number of rotatable bonds is 3. The summed E-state index contributed by atoms with van der Waals surface area (Å²) in [6, 6.07) is 5.93. The van der Waals surface area contributed by atoms with E-state index in [0.29, 0.717) is 23.4 Å². The topological polar surface area (TPSA) is 61.3 Å². The maximum absolute atomic E-state index is 13.1. The molecule has 0 saturated carbocycles. The second kappa shape index (κ2) is 4.22. The summed E-state index contributed by atoms with van der Waals surface area (Å²) in [6.45, 7) is 0. The highest BCUT2D eigenvalue weighted by molar-refractivity contribution is 5.38. The van der Waals surface area contributed by atoms with Crippen LogP contribution in [-0.4, -0.2) is 12.3 Å². The number of nitrogens with zero attached hydrogens (tertiary/aromatic N) is 1. The molecule has 1 heterocycles. The first-order chi connectivity index (χ1) is 7.69. The third-order valence-corrected chi connectivity index (χ3v) is 2.19. The average molecular weight is 222 g/mol.